The predicted molar refractivity (Wildman–Crippen MR) is 104 cm³/mol. The molecule has 1 N–H and O–H groups in total. The van der Waals surface area contributed by atoms with Crippen LogP contribution < -0.4 is 11.2 Å². The van der Waals surface area contributed by atoms with E-state index in [9.17, 15) is 14.4 Å². The van der Waals surface area contributed by atoms with Gasteiger partial charge in [-0.15, -0.1) is 0 Å². The summed E-state index contributed by atoms with van der Waals surface area (Å²) >= 11 is 0. The highest BCUT2D eigenvalue weighted by Gasteiger charge is 2.34. The highest BCUT2D eigenvalue weighted by molar-refractivity contribution is 6.14. The molecule has 0 amide bonds. The molecule has 2 heterocycles. The summed E-state index contributed by atoms with van der Waals surface area (Å²) in [6.45, 7) is 6.66. The molecule has 2 aliphatic rings. The van der Waals surface area contributed by atoms with E-state index in [-0.39, 0.29) is 23.5 Å². The van der Waals surface area contributed by atoms with Crippen LogP contribution in [0.25, 0.3) is 22.6 Å². The highest BCUT2D eigenvalue weighted by Crippen LogP contribution is 2.35. The lowest BCUT2D eigenvalue weighted by Crippen LogP contribution is -2.41. The summed E-state index contributed by atoms with van der Waals surface area (Å²) in [5.74, 6) is 0.236. The maximum Gasteiger partial charge on any atom is 0.349 e. The first-order chi connectivity index (χ1) is 12.6. The molecule has 27 heavy (non-hydrogen) atoms. The topological polar surface area (TPSA) is 107 Å². The monoisotopic (exact) mass is 368 g/mol. The number of H-pyrrole nitrogens is 1. The van der Waals surface area contributed by atoms with Crippen molar-refractivity contribution in [1.29, 1.82) is 0 Å². The Morgan fingerprint density at radius 1 is 1.22 bits per heavy atom. The Labute approximate surface area is 156 Å². The molecule has 9 heteroatoms. The molecule has 0 fully saturated rings. The van der Waals surface area contributed by atoms with E-state index in [4.69, 9.17) is 4.74 Å². The molecule has 0 spiro atoms. The number of ether oxygens (including phenoxy) is 1. The molecule has 140 valence electrons. The fourth-order valence-corrected chi connectivity index (χ4v) is 3.85. The van der Waals surface area contributed by atoms with Crippen LogP contribution in [0.2, 0.25) is 0 Å². The molecule has 0 aromatic heterocycles. The zero-order chi connectivity index (χ0) is 19.8. The standard InChI is InChI=1S/C18H21BN4O4/c1-17(2,9-27-10-24)8-18(3,19)23-12-7-5-4-6-11(12)20-13-14(23)21-16(26)22-15(13)25/h4-7,10H,8-9,19H2,1-3H3,(H,22,25,26). The van der Waals surface area contributed by atoms with Crippen molar-refractivity contribution in [3.63, 3.8) is 0 Å². The molecule has 1 aromatic carbocycles. The normalized spacial score (nSPS) is 14.2. The first-order valence-corrected chi connectivity index (χ1v) is 8.62. The minimum Gasteiger partial charge on any atom is -0.467 e. The van der Waals surface area contributed by atoms with Crippen molar-refractivity contribution in [1.82, 2.24) is 19.5 Å². The van der Waals surface area contributed by atoms with Crippen molar-refractivity contribution >= 4 is 25.4 Å². The number of rotatable bonds is 6. The Bertz CT molecular complexity index is 1090. The second kappa shape index (κ2) is 6.64. The summed E-state index contributed by atoms with van der Waals surface area (Å²) in [5.41, 5.74) is -0.658. The number of fused-ring (bicyclic) bond motifs is 2. The fourth-order valence-electron chi connectivity index (χ4n) is 3.85. The van der Waals surface area contributed by atoms with Crippen LogP contribution in [0.5, 0.6) is 0 Å². The molecule has 0 saturated heterocycles. The molecule has 1 aromatic rings. The van der Waals surface area contributed by atoms with Crippen molar-refractivity contribution in [2.24, 2.45) is 5.41 Å². The number of benzene rings is 1. The molecular weight excluding hydrogens is 347 g/mol. The third-order valence-electron chi connectivity index (χ3n) is 4.48. The smallest absolute Gasteiger partial charge is 0.349 e. The molecule has 2 aliphatic heterocycles. The van der Waals surface area contributed by atoms with Gasteiger partial charge in [-0.3, -0.25) is 14.6 Å². The number of aromatic amines is 1. The van der Waals surface area contributed by atoms with Gasteiger partial charge in [0.2, 0.25) is 0 Å². The van der Waals surface area contributed by atoms with Gasteiger partial charge in [0, 0.05) is 10.9 Å². The number of nitrogens with one attached hydrogen (secondary N) is 1. The van der Waals surface area contributed by atoms with E-state index in [0.717, 1.165) is 5.52 Å². The molecule has 0 radical (unpaired) electrons. The first-order valence-electron chi connectivity index (χ1n) is 8.62. The van der Waals surface area contributed by atoms with Gasteiger partial charge in [-0.05, 0) is 25.5 Å². The zero-order valence-corrected chi connectivity index (χ0v) is 15.8. The van der Waals surface area contributed by atoms with Crippen LogP contribution in [0.4, 0.5) is 0 Å². The minimum absolute atomic E-state index is 0.114. The van der Waals surface area contributed by atoms with E-state index in [1.807, 2.05) is 57.5 Å². The number of para-hydroxylation sites is 2. The Morgan fingerprint density at radius 2 is 1.93 bits per heavy atom. The number of nitrogens with zero attached hydrogens (tertiary/aromatic N) is 3. The Hall–Kier alpha value is -2.97. The van der Waals surface area contributed by atoms with E-state index in [1.165, 1.54) is 0 Å². The van der Waals surface area contributed by atoms with Crippen LogP contribution in [-0.2, 0) is 15.0 Å². The van der Waals surface area contributed by atoms with Crippen molar-refractivity contribution in [2.45, 2.75) is 32.6 Å². The quantitative estimate of drug-likeness (QED) is 0.385. The van der Waals surface area contributed by atoms with Gasteiger partial charge in [-0.25, -0.2) is 9.78 Å². The summed E-state index contributed by atoms with van der Waals surface area (Å²) in [6, 6.07) is 7.40. The van der Waals surface area contributed by atoms with Crippen LogP contribution in [-0.4, -0.2) is 40.4 Å². The average Bonchev–Trinajstić information content (AvgIpc) is 2.57. The largest absolute Gasteiger partial charge is 0.467 e. The van der Waals surface area contributed by atoms with Crippen molar-refractivity contribution in [2.75, 3.05) is 6.61 Å². The maximum absolute atomic E-state index is 12.3. The predicted octanol–water partition coefficient (Wildman–Crippen LogP) is 0.480. The van der Waals surface area contributed by atoms with Gasteiger partial charge < -0.3 is 9.30 Å². The SMILES string of the molecule is BC(C)(CC(C)(C)COC=O)n1c2nc(=O)[nH]c(=O)c-2nc2ccccc21. The molecule has 8 nitrogen and oxygen atoms in total. The second-order valence-electron chi connectivity index (χ2n) is 8.04. The summed E-state index contributed by atoms with van der Waals surface area (Å²) in [7, 11) is 1.99. The van der Waals surface area contributed by atoms with Crippen molar-refractivity contribution in [3.8, 4) is 11.5 Å². The van der Waals surface area contributed by atoms with Gasteiger partial charge in [-0.2, -0.15) is 4.98 Å². The van der Waals surface area contributed by atoms with Crippen molar-refractivity contribution < 1.29 is 9.53 Å². The Morgan fingerprint density at radius 3 is 2.63 bits per heavy atom. The number of carbonyl (C=O) groups excluding carboxylic acids is 1. The lowest BCUT2D eigenvalue weighted by Gasteiger charge is -2.38. The minimum atomic E-state index is -0.710. The average molecular weight is 368 g/mol. The number of hydrogen-bond acceptors (Lipinski definition) is 6. The molecule has 3 rings (SSSR count). The fraction of sp³-hybridized carbons (Fsp3) is 0.389. The summed E-state index contributed by atoms with van der Waals surface area (Å²) < 4.78 is 6.85. The van der Waals surface area contributed by atoms with Crippen LogP contribution in [0.1, 0.15) is 27.2 Å². The lowest BCUT2D eigenvalue weighted by atomic mass is 9.68. The zero-order valence-electron chi connectivity index (χ0n) is 15.8. The highest BCUT2D eigenvalue weighted by atomic mass is 16.5. The van der Waals surface area contributed by atoms with E-state index in [2.05, 4.69) is 15.0 Å². The molecule has 0 saturated carbocycles. The van der Waals surface area contributed by atoms with Crippen LogP contribution >= 0.6 is 0 Å². The van der Waals surface area contributed by atoms with Gasteiger partial charge in [0.05, 0.1) is 17.6 Å². The molecule has 1 unspecified atom stereocenters. The van der Waals surface area contributed by atoms with Gasteiger partial charge in [-0.1, -0.05) is 26.0 Å². The summed E-state index contributed by atoms with van der Waals surface area (Å²) in [5, 5.41) is 0. The third kappa shape index (κ3) is 3.62. The van der Waals surface area contributed by atoms with Crippen LogP contribution in [0.15, 0.2) is 33.9 Å². The van der Waals surface area contributed by atoms with Gasteiger partial charge in [0.25, 0.3) is 12.0 Å². The molecule has 0 aliphatic carbocycles. The number of hydrogen-bond donors (Lipinski definition) is 1. The van der Waals surface area contributed by atoms with Gasteiger partial charge in [0.1, 0.15) is 7.85 Å². The van der Waals surface area contributed by atoms with E-state index in [1.54, 1.807) is 0 Å². The molecular formula is C18H21BN4O4. The number of carbonyl (C=O) groups is 1. The number of aromatic nitrogens is 4. The van der Waals surface area contributed by atoms with E-state index >= 15 is 0 Å². The summed E-state index contributed by atoms with van der Waals surface area (Å²) in [6.07, 6.45) is 0.601. The molecule has 0 bridgehead atoms. The third-order valence-corrected chi connectivity index (χ3v) is 4.48. The first kappa shape index (κ1) is 18.8. The van der Waals surface area contributed by atoms with Gasteiger partial charge in [0.15, 0.2) is 11.5 Å². The second-order valence-corrected chi connectivity index (χ2v) is 8.04. The maximum atomic E-state index is 12.3. The Balaban J connectivity index is 2.28. The van der Waals surface area contributed by atoms with Crippen molar-refractivity contribution in [3.05, 3.63) is 45.1 Å². The van der Waals surface area contributed by atoms with E-state index < -0.39 is 16.7 Å². The van der Waals surface area contributed by atoms with Crippen LogP contribution in [0, 0.1) is 5.41 Å². The van der Waals surface area contributed by atoms with Crippen LogP contribution in [0.3, 0.4) is 0 Å². The Kier molecular flexibility index (Phi) is 4.63. The molecule has 1 atom stereocenters. The lowest BCUT2D eigenvalue weighted by molar-refractivity contribution is -0.131. The summed E-state index contributed by atoms with van der Waals surface area (Å²) in [4.78, 5) is 45.4. The van der Waals surface area contributed by atoms with E-state index in [0.29, 0.717) is 18.4 Å². The van der Waals surface area contributed by atoms with Gasteiger partial charge >= 0.3 is 5.69 Å².